The van der Waals surface area contributed by atoms with Crippen molar-refractivity contribution >= 4 is 12.0 Å². The summed E-state index contributed by atoms with van der Waals surface area (Å²) < 4.78 is 5.62. The SMILES string of the molecule is CC(C)C(NC(=O)N1CC(CO)OC(C)(C)C1)C(=O)O. The van der Waals surface area contributed by atoms with Gasteiger partial charge in [-0.25, -0.2) is 9.59 Å². The number of aliphatic hydroxyl groups is 1. The first-order valence-electron chi connectivity index (χ1n) is 6.73. The summed E-state index contributed by atoms with van der Waals surface area (Å²) in [5.74, 6) is -1.27. The van der Waals surface area contributed by atoms with E-state index in [1.165, 1.54) is 4.90 Å². The highest BCUT2D eigenvalue weighted by atomic mass is 16.5. The van der Waals surface area contributed by atoms with Crippen LogP contribution in [0.5, 0.6) is 0 Å². The summed E-state index contributed by atoms with van der Waals surface area (Å²) >= 11 is 0. The van der Waals surface area contributed by atoms with Crippen LogP contribution in [0.25, 0.3) is 0 Å². The molecule has 1 heterocycles. The van der Waals surface area contributed by atoms with E-state index >= 15 is 0 Å². The Morgan fingerprint density at radius 3 is 2.50 bits per heavy atom. The molecular formula is C13H24N2O5. The fourth-order valence-electron chi connectivity index (χ4n) is 2.28. The normalized spacial score (nSPS) is 23.5. The molecule has 1 aliphatic heterocycles. The fraction of sp³-hybridized carbons (Fsp3) is 0.846. The van der Waals surface area contributed by atoms with Gasteiger partial charge in [0, 0.05) is 0 Å². The topological polar surface area (TPSA) is 99.1 Å². The molecule has 2 amide bonds. The average molecular weight is 288 g/mol. The first kappa shape index (κ1) is 16.7. The molecule has 2 atom stereocenters. The number of carboxylic acid groups (broad SMARTS) is 1. The Balaban J connectivity index is 2.73. The minimum Gasteiger partial charge on any atom is -0.480 e. The number of nitrogens with one attached hydrogen (secondary N) is 1. The van der Waals surface area contributed by atoms with E-state index in [0.717, 1.165) is 0 Å². The number of carboxylic acids is 1. The maximum absolute atomic E-state index is 12.2. The van der Waals surface area contributed by atoms with Gasteiger partial charge in [-0.1, -0.05) is 13.8 Å². The molecule has 20 heavy (non-hydrogen) atoms. The third-order valence-corrected chi connectivity index (χ3v) is 3.18. The maximum Gasteiger partial charge on any atom is 0.326 e. The van der Waals surface area contributed by atoms with Crippen molar-refractivity contribution in [2.45, 2.75) is 45.4 Å². The van der Waals surface area contributed by atoms with Crippen molar-refractivity contribution in [1.82, 2.24) is 10.2 Å². The zero-order chi connectivity index (χ0) is 15.5. The molecule has 7 heteroatoms. The highest BCUT2D eigenvalue weighted by Gasteiger charge is 2.36. The molecule has 0 aromatic carbocycles. The van der Waals surface area contributed by atoms with Gasteiger partial charge in [0.25, 0.3) is 0 Å². The number of ether oxygens (including phenoxy) is 1. The molecule has 7 nitrogen and oxygen atoms in total. The number of aliphatic hydroxyl groups excluding tert-OH is 1. The fourth-order valence-corrected chi connectivity index (χ4v) is 2.28. The van der Waals surface area contributed by atoms with E-state index in [2.05, 4.69) is 5.32 Å². The Morgan fingerprint density at radius 2 is 2.05 bits per heavy atom. The van der Waals surface area contributed by atoms with Crippen molar-refractivity contribution in [3.8, 4) is 0 Å². The van der Waals surface area contributed by atoms with E-state index in [9.17, 15) is 14.7 Å². The van der Waals surface area contributed by atoms with E-state index in [-0.39, 0.29) is 19.1 Å². The van der Waals surface area contributed by atoms with E-state index < -0.39 is 29.7 Å². The molecule has 1 rings (SSSR count). The molecule has 1 aliphatic rings. The van der Waals surface area contributed by atoms with Crippen LogP contribution in [0.3, 0.4) is 0 Å². The summed E-state index contributed by atoms with van der Waals surface area (Å²) in [6.07, 6.45) is -0.452. The largest absolute Gasteiger partial charge is 0.480 e. The standard InChI is InChI=1S/C13H24N2O5/c1-8(2)10(11(17)18)14-12(19)15-5-9(6-16)20-13(3,4)7-15/h8-10,16H,5-7H2,1-4H3,(H,14,19)(H,17,18). The van der Waals surface area contributed by atoms with Gasteiger partial charge in [0.1, 0.15) is 6.04 Å². The molecule has 1 saturated heterocycles. The number of hydrogen-bond acceptors (Lipinski definition) is 4. The second-order valence-electron chi connectivity index (χ2n) is 6.07. The van der Waals surface area contributed by atoms with Gasteiger partial charge in [0.05, 0.1) is 31.4 Å². The van der Waals surface area contributed by atoms with E-state index in [1.807, 2.05) is 13.8 Å². The number of urea groups is 1. The summed E-state index contributed by atoms with van der Waals surface area (Å²) in [4.78, 5) is 24.8. The van der Waals surface area contributed by atoms with Crippen LogP contribution in [0.1, 0.15) is 27.7 Å². The monoisotopic (exact) mass is 288 g/mol. The Hall–Kier alpha value is -1.34. The summed E-state index contributed by atoms with van der Waals surface area (Å²) in [5, 5.41) is 20.8. The van der Waals surface area contributed by atoms with Crippen LogP contribution in [-0.2, 0) is 9.53 Å². The van der Waals surface area contributed by atoms with Crippen LogP contribution in [0.15, 0.2) is 0 Å². The number of aliphatic carboxylic acids is 1. The lowest BCUT2D eigenvalue weighted by atomic mass is 10.0. The Bertz CT molecular complexity index is 370. The lowest BCUT2D eigenvalue weighted by molar-refractivity contribution is -0.142. The summed E-state index contributed by atoms with van der Waals surface area (Å²) in [7, 11) is 0. The Labute approximate surface area is 118 Å². The van der Waals surface area contributed by atoms with Crippen LogP contribution in [-0.4, -0.2) is 64.6 Å². The first-order chi connectivity index (χ1) is 9.16. The van der Waals surface area contributed by atoms with Crippen molar-refractivity contribution in [2.75, 3.05) is 19.7 Å². The second-order valence-corrected chi connectivity index (χ2v) is 6.07. The van der Waals surface area contributed by atoms with Crippen LogP contribution >= 0.6 is 0 Å². The molecular weight excluding hydrogens is 264 g/mol. The highest BCUT2D eigenvalue weighted by molar-refractivity contribution is 5.82. The predicted molar refractivity (Wildman–Crippen MR) is 72.4 cm³/mol. The molecule has 0 aliphatic carbocycles. The molecule has 116 valence electrons. The molecule has 0 bridgehead atoms. The summed E-state index contributed by atoms with van der Waals surface area (Å²) in [5.41, 5.74) is -0.570. The van der Waals surface area contributed by atoms with E-state index in [0.29, 0.717) is 6.54 Å². The summed E-state index contributed by atoms with van der Waals surface area (Å²) in [6.45, 7) is 7.53. The molecule has 3 N–H and O–H groups in total. The minimum atomic E-state index is -1.06. The van der Waals surface area contributed by atoms with Crippen molar-refractivity contribution in [3.05, 3.63) is 0 Å². The highest BCUT2D eigenvalue weighted by Crippen LogP contribution is 2.21. The third-order valence-electron chi connectivity index (χ3n) is 3.18. The molecule has 0 saturated carbocycles. The number of carbonyl (C=O) groups excluding carboxylic acids is 1. The minimum absolute atomic E-state index is 0.181. The Kier molecular flexibility index (Phi) is 5.35. The molecule has 0 aromatic rings. The lowest BCUT2D eigenvalue weighted by Gasteiger charge is -2.42. The van der Waals surface area contributed by atoms with Gasteiger partial charge < -0.3 is 25.2 Å². The maximum atomic E-state index is 12.2. The number of nitrogens with zero attached hydrogens (tertiary/aromatic N) is 1. The molecule has 0 spiro atoms. The molecule has 0 aromatic heterocycles. The lowest BCUT2D eigenvalue weighted by Crippen LogP contribution is -2.59. The Morgan fingerprint density at radius 1 is 1.45 bits per heavy atom. The van der Waals surface area contributed by atoms with Crippen LogP contribution < -0.4 is 5.32 Å². The molecule has 0 radical (unpaired) electrons. The van der Waals surface area contributed by atoms with Gasteiger partial charge in [0.15, 0.2) is 0 Å². The molecule has 2 unspecified atom stereocenters. The number of carbonyl (C=O) groups is 2. The summed E-state index contributed by atoms with van der Waals surface area (Å²) in [6, 6.07) is -1.37. The number of morpholine rings is 1. The van der Waals surface area contributed by atoms with Gasteiger partial charge in [-0.15, -0.1) is 0 Å². The van der Waals surface area contributed by atoms with Gasteiger partial charge >= 0.3 is 12.0 Å². The molecule has 1 fully saturated rings. The first-order valence-corrected chi connectivity index (χ1v) is 6.73. The number of amides is 2. The van der Waals surface area contributed by atoms with Crippen molar-refractivity contribution in [2.24, 2.45) is 5.92 Å². The van der Waals surface area contributed by atoms with Gasteiger partial charge in [-0.3, -0.25) is 0 Å². The van der Waals surface area contributed by atoms with Crippen LogP contribution in [0.4, 0.5) is 4.79 Å². The van der Waals surface area contributed by atoms with Crippen molar-refractivity contribution < 1.29 is 24.5 Å². The van der Waals surface area contributed by atoms with Crippen molar-refractivity contribution in [3.63, 3.8) is 0 Å². The average Bonchev–Trinajstić information content (AvgIpc) is 2.32. The third kappa shape index (κ3) is 4.35. The van der Waals surface area contributed by atoms with Gasteiger partial charge in [-0.2, -0.15) is 0 Å². The van der Waals surface area contributed by atoms with Crippen LogP contribution in [0.2, 0.25) is 0 Å². The predicted octanol–water partition coefficient (Wildman–Crippen LogP) is 0.277. The number of hydrogen-bond donors (Lipinski definition) is 3. The second kappa shape index (κ2) is 6.41. The van der Waals surface area contributed by atoms with E-state index in [4.69, 9.17) is 9.84 Å². The van der Waals surface area contributed by atoms with Crippen molar-refractivity contribution in [1.29, 1.82) is 0 Å². The zero-order valence-corrected chi connectivity index (χ0v) is 12.4. The van der Waals surface area contributed by atoms with Gasteiger partial charge in [0.2, 0.25) is 0 Å². The quantitative estimate of drug-likeness (QED) is 0.690. The number of rotatable bonds is 4. The smallest absolute Gasteiger partial charge is 0.326 e. The van der Waals surface area contributed by atoms with E-state index in [1.54, 1.807) is 13.8 Å². The van der Waals surface area contributed by atoms with Crippen LogP contribution in [0, 0.1) is 5.92 Å². The van der Waals surface area contributed by atoms with Gasteiger partial charge in [-0.05, 0) is 19.8 Å². The zero-order valence-electron chi connectivity index (χ0n) is 12.4.